The van der Waals surface area contributed by atoms with E-state index >= 15 is 0 Å². The summed E-state index contributed by atoms with van der Waals surface area (Å²) >= 11 is 0. The Morgan fingerprint density at radius 1 is 1.25 bits per heavy atom. The standard InChI is InChI=1S/C12H14O4/c1-8(13)4-5-9-6-10(15-2)12(14)11(7-9)16-3/h4-7,14H,1-3H3/b5-4+. The lowest BCUT2D eigenvalue weighted by atomic mass is 10.1. The number of allylic oxidation sites excluding steroid dienone is 1. The van der Waals surface area contributed by atoms with Crippen LogP contribution in [0.5, 0.6) is 17.2 Å². The van der Waals surface area contributed by atoms with Crippen LogP contribution in [0.15, 0.2) is 18.2 Å². The number of carbonyl (C=O) groups excluding carboxylic acids is 1. The van der Waals surface area contributed by atoms with Gasteiger partial charge >= 0.3 is 0 Å². The largest absolute Gasteiger partial charge is 0.502 e. The molecule has 0 saturated heterocycles. The van der Waals surface area contributed by atoms with Crippen LogP contribution >= 0.6 is 0 Å². The fraction of sp³-hybridized carbons (Fsp3) is 0.250. The lowest BCUT2D eigenvalue weighted by molar-refractivity contribution is -0.112. The summed E-state index contributed by atoms with van der Waals surface area (Å²) < 4.78 is 9.97. The molecule has 16 heavy (non-hydrogen) atoms. The number of carbonyl (C=O) groups is 1. The van der Waals surface area contributed by atoms with Crippen LogP contribution in [-0.2, 0) is 4.79 Å². The van der Waals surface area contributed by atoms with Crippen molar-refractivity contribution in [3.05, 3.63) is 23.8 Å². The Hall–Kier alpha value is -1.97. The molecule has 0 heterocycles. The van der Waals surface area contributed by atoms with E-state index in [1.165, 1.54) is 27.2 Å². The van der Waals surface area contributed by atoms with Crippen LogP contribution in [-0.4, -0.2) is 25.1 Å². The molecule has 86 valence electrons. The van der Waals surface area contributed by atoms with Gasteiger partial charge in [-0.05, 0) is 30.7 Å². The van der Waals surface area contributed by atoms with Crippen LogP contribution in [0.4, 0.5) is 0 Å². The summed E-state index contributed by atoms with van der Waals surface area (Å²) in [6.07, 6.45) is 3.07. The van der Waals surface area contributed by atoms with Gasteiger partial charge in [-0.15, -0.1) is 0 Å². The average Bonchev–Trinajstić information content (AvgIpc) is 2.27. The molecule has 1 aromatic rings. The maximum Gasteiger partial charge on any atom is 0.200 e. The summed E-state index contributed by atoms with van der Waals surface area (Å²) in [6, 6.07) is 3.24. The van der Waals surface area contributed by atoms with Crippen molar-refractivity contribution in [2.75, 3.05) is 14.2 Å². The Labute approximate surface area is 94.1 Å². The van der Waals surface area contributed by atoms with Crippen molar-refractivity contribution < 1.29 is 19.4 Å². The molecule has 0 saturated carbocycles. The Kier molecular flexibility index (Phi) is 3.94. The summed E-state index contributed by atoms with van der Waals surface area (Å²) in [5.41, 5.74) is 0.724. The van der Waals surface area contributed by atoms with Gasteiger partial charge in [0.25, 0.3) is 0 Å². The summed E-state index contributed by atoms with van der Waals surface area (Å²) in [5.74, 6) is 0.515. The molecule has 4 heteroatoms. The van der Waals surface area contributed by atoms with Gasteiger partial charge in [-0.2, -0.15) is 0 Å². The molecule has 0 bridgehead atoms. The van der Waals surface area contributed by atoms with Crippen LogP contribution in [0.2, 0.25) is 0 Å². The van der Waals surface area contributed by atoms with Gasteiger partial charge in [0.15, 0.2) is 17.3 Å². The third kappa shape index (κ3) is 2.76. The van der Waals surface area contributed by atoms with Crippen LogP contribution in [0.1, 0.15) is 12.5 Å². The molecule has 4 nitrogen and oxygen atoms in total. The number of aromatic hydroxyl groups is 1. The van der Waals surface area contributed by atoms with E-state index in [0.29, 0.717) is 11.5 Å². The summed E-state index contributed by atoms with van der Waals surface area (Å²) in [5, 5.41) is 9.65. The fourth-order valence-corrected chi connectivity index (χ4v) is 1.22. The highest BCUT2D eigenvalue weighted by Crippen LogP contribution is 2.37. The second-order valence-corrected chi connectivity index (χ2v) is 3.22. The van der Waals surface area contributed by atoms with Gasteiger partial charge in [0.2, 0.25) is 5.75 Å². The highest BCUT2D eigenvalue weighted by molar-refractivity contribution is 5.91. The second-order valence-electron chi connectivity index (χ2n) is 3.22. The molecule has 0 fully saturated rings. The first-order valence-electron chi connectivity index (χ1n) is 4.72. The molecule has 0 aliphatic carbocycles. The fourth-order valence-electron chi connectivity index (χ4n) is 1.22. The number of phenols is 1. The predicted octanol–water partition coefficient (Wildman–Crippen LogP) is 2.01. The van der Waals surface area contributed by atoms with Crippen LogP contribution in [0, 0.1) is 0 Å². The molecule has 0 unspecified atom stereocenters. The predicted molar refractivity (Wildman–Crippen MR) is 60.9 cm³/mol. The van der Waals surface area contributed by atoms with Crippen molar-refractivity contribution in [3.8, 4) is 17.2 Å². The van der Waals surface area contributed by atoms with Gasteiger partial charge in [-0.1, -0.05) is 6.08 Å². The lowest BCUT2D eigenvalue weighted by Crippen LogP contribution is -1.90. The SMILES string of the molecule is COc1cc(/C=C/C(C)=O)cc(OC)c1O. The summed E-state index contributed by atoms with van der Waals surface area (Å²) in [4.78, 5) is 10.8. The topological polar surface area (TPSA) is 55.8 Å². The molecule has 0 aromatic heterocycles. The Morgan fingerprint density at radius 2 is 1.75 bits per heavy atom. The Morgan fingerprint density at radius 3 is 2.12 bits per heavy atom. The number of ketones is 1. The molecule has 0 aliphatic rings. The summed E-state index contributed by atoms with van der Waals surface area (Å²) in [7, 11) is 2.90. The van der Waals surface area contributed by atoms with E-state index in [-0.39, 0.29) is 11.5 Å². The van der Waals surface area contributed by atoms with E-state index in [0.717, 1.165) is 5.56 Å². The summed E-state index contributed by atoms with van der Waals surface area (Å²) in [6.45, 7) is 1.46. The maximum atomic E-state index is 10.8. The van der Waals surface area contributed by atoms with E-state index < -0.39 is 0 Å². The molecule has 0 aliphatic heterocycles. The van der Waals surface area contributed by atoms with Crippen molar-refractivity contribution in [2.45, 2.75) is 6.92 Å². The minimum atomic E-state index is -0.0509. The Balaban J connectivity index is 3.16. The number of hydrogen-bond donors (Lipinski definition) is 1. The van der Waals surface area contributed by atoms with Gasteiger partial charge in [0, 0.05) is 0 Å². The molecule has 1 N–H and O–H groups in total. The minimum Gasteiger partial charge on any atom is -0.502 e. The highest BCUT2D eigenvalue weighted by Gasteiger charge is 2.09. The van der Waals surface area contributed by atoms with E-state index in [1.54, 1.807) is 18.2 Å². The molecule has 1 rings (SSSR count). The van der Waals surface area contributed by atoms with E-state index in [1.807, 2.05) is 0 Å². The first-order chi connectivity index (χ1) is 7.58. The number of methoxy groups -OCH3 is 2. The van der Waals surface area contributed by atoms with Crippen molar-refractivity contribution in [1.82, 2.24) is 0 Å². The van der Waals surface area contributed by atoms with Crippen LogP contribution in [0.3, 0.4) is 0 Å². The Bertz CT molecular complexity index is 396. The lowest BCUT2D eigenvalue weighted by Gasteiger charge is -2.09. The monoisotopic (exact) mass is 222 g/mol. The third-order valence-corrected chi connectivity index (χ3v) is 2.01. The zero-order chi connectivity index (χ0) is 12.1. The molecule has 0 spiro atoms. The zero-order valence-electron chi connectivity index (χ0n) is 9.48. The van der Waals surface area contributed by atoms with Crippen LogP contribution < -0.4 is 9.47 Å². The van der Waals surface area contributed by atoms with Crippen molar-refractivity contribution >= 4 is 11.9 Å². The number of rotatable bonds is 4. The molecule has 0 atom stereocenters. The van der Waals surface area contributed by atoms with Gasteiger partial charge in [0.05, 0.1) is 14.2 Å². The van der Waals surface area contributed by atoms with Crippen molar-refractivity contribution in [3.63, 3.8) is 0 Å². The molecular weight excluding hydrogens is 208 g/mol. The first kappa shape index (κ1) is 12.1. The highest BCUT2D eigenvalue weighted by atomic mass is 16.5. The minimum absolute atomic E-state index is 0.0500. The van der Waals surface area contributed by atoms with Crippen molar-refractivity contribution in [1.29, 1.82) is 0 Å². The van der Waals surface area contributed by atoms with Gasteiger partial charge in [-0.3, -0.25) is 4.79 Å². The van der Waals surface area contributed by atoms with Crippen LogP contribution in [0.25, 0.3) is 6.08 Å². The van der Waals surface area contributed by atoms with Gasteiger partial charge < -0.3 is 14.6 Å². The van der Waals surface area contributed by atoms with Gasteiger partial charge in [-0.25, -0.2) is 0 Å². The second kappa shape index (κ2) is 5.21. The van der Waals surface area contributed by atoms with E-state index in [4.69, 9.17) is 9.47 Å². The number of phenolic OH excluding ortho intramolecular Hbond substituents is 1. The smallest absolute Gasteiger partial charge is 0.200 e. The quantitative estimate of drug-likeness (QED) is 0.792. The molecular formula is C12H14O4. The molecule has 0 amide bonds. The zero-order valence-corrected chi connectivity index (χ0v) is 9.48. The normalized spacial score (nSPS) is 10.4. The van der Waals surface area contributed by atoms with E-state index in [2.05, 4.69) is 0 Å². The molecule has 1 aromatic carbocycles. The third-order valence-electron chi connectivity index (χ3n) is 2.01. The average molecular weight is 222 g/mol. The van der Waals surface area contributed by atoms with Gasteiger partial charge in [0.1, 0.15) is 0 Å². The first-order valence-corrected chi connectivity index (χ1v) is 4.72. The van der Waals surface area contributed by atoms with Crippen molar-refractivity contribution in [2.24, 2.45) is 0 Å². The van der Waals surface area contributed by atoms with E-state index in [9.17, 15) is 9.90 Å². The molecule has 0 radical (unpaired) electrons. The maximum absolute atomic E-state index is 10.8. The number of benzene rings is 1. The number of hydrogen-bond acceptors (Lipinski definition) is 4. The number of ether oxygens (including phenoxy) is 2.